The van der Waals surface area contributed by atoms with Crippen molar-refractivity contribution in [2.75, 3.05) is 6.54 Å². The predicted molar refractivity (Wildman–Crippen MR) is 114 cm³/mol. The molecular formula is C23H27N3O4. The number of carbonyl (C=O) groups excluding carboxylic acids is 1. The summed E-state index contributed by atoms with van der Waals surface area (Å²) in [6.45, 7) is 5.26. The van der Waals surface area contributed by atoms with Crippen molar-refractivity contribution in [1.29, 1.82) is 0 Å². The van der Waals surface area contributed by atoms with Crippen LogP contribution in [0, 0.1) is 0 Å². The van der Waals surface area contributed by atoms with Crippen LogP contribution >= 0.6 is 0 Å². The summed E-state index contributed by atoms with van der Waals surface area (Å²) in [7, 11) is 0. The maximum atomic E-state index is 13.3. The molecule has 2 aromatic heterocycles. The Morgan fingerprint density at radius 3 is 2.93 bits per heavy atom. The molecule has 1 amide bonds. The van der Waals surface area contributed by atoms with Gasteiger partial charge in [-0.2, -0.15) is 5.10 Å². The molecule has 30 heavy (non-hydrogen) atoms. The maximum absolute atomic E-state index is 13.3. The highest BCUT2D eigenvalue weighted by atomic mass is 16.5. The van der Waals surface area contributed by atoms with Gasteiger partial charge in [-0.05, 0) is 63.8 Å². The fourth-order valence-corrected chi connectivity index (χ4v) is 4.02. The Hall–Kier alpha value is -3.09. The highest BCUT2D eigenvalue weighted by Gasteiger charge is 2.29. The Balaban J connectivity index is 1.57. The molecule has 1 atom stereocenters. The topological polar surface area (TPSA) is 77.6 Å². The first-order chi connectivity index (χ1) is 14.5. The third-order valence-electron chi connectivity index (χ3n) is 5.45. The van der Waals surface area contributed by atoms with E-state index in [4.69, 9.17) is 9.15 Å². The summed E-state index contributed by atoms with van der Waals surface area (Å²) >= 11 is 0. The summed E-state index contributed by atoms with van der Waals surface area (Å²) in [6, 6.07) is 8.96. The molecule has 0 N–H and O–H groups in total. The van der Waals surface area contributed by atoms with Crippen molar-refractivity contribution in [3.8, 4) is 5.75 Å². The van der Waals surface area contributed by atoms with Crippen LogP contribution in [0.5, 0.6) is 5.75 Å². The Kier molecular flexibility index (Phi) is 5.88. The van der Waals surface area contributed by atoms with E-state index in [-0.39, 0.29) is 23.6 Å². The summed E-state index contributed by atoms with van der Waals surface area (Å²) in [5.41, 5.74) is -0.0970. The maximum Gasteiger partial charge on any atom is 0.349 e. The van der Waals surface area contributed by atoms with Gasteiger partial charge in [0.15, 0.2) is 0 Å². The van der Waals surface area contributed by atoms with E-state index in [9.17, 15) is 9.59 Å². The number of hydrogen-bond donors (Lipinski definition) is 0. The molecule has 4 rings (SSSR count). The molecule has 158 valence electrons. The van der Waals surface area contributed by atoms with Gasteiger partial charge in [-0.25, -0.2) is 4.79 Å². The zero-order chi connectivity index (χ0) is 21.1. The van der Waals surface area contributed by atoms with Crippen LogP contribution in [0.3, 0.4) is 0 Å². The molecule has 3 heterocycles. The van der Waals surface area contributed by atoms with E-state index in [1.54, 1.807) is 18.3 Å². The lowest BCUT2D eigenvalue weighted by atomic mass is 9.98. The average molecular weight is 409 g/mol. The number of aryl methyl sites for hydroxylation is 1. The summed E-state index contributed by atoms with van der Waals surface area (Å²) in [4.78, 5) is 27.7. The van der Waals surface area contributed by atoms with Crippen LogP contribution in [0.2, 0.25) is 0 Å². The summed E-state index contributed by atoms with van der Waals surface area (Å²) in [5, 5.41) is 4.95. The molecule has 3 aromatic rings. The second-order valence-electron chi connectivity index (χ2n) is 8.02. The molecule has 0 saturated carbocycles. The monoisotopic (exact) mass is 409 g/mol. The van der Waals surface area contributed by atoms with Crippen molar-refractivity contribution in [1.82, 2.24) is 14.7 Å². The first-order valence-corrected chi connectivity index (χ1v) is 10.5. The van der Waals surface area contributed by atoms with E-state index in [2.05, 4.69) is 5.10 Å². The van der Waals surface area contributed by atoms with Crippen LogP contribution in [-0.2, 0) is 6.54 Å². The van der Waals surface area contributed by atoms with Crippen molar-refractivity contribution in [3.63, 3.8) is 0 Å². The first kappa shape index (κ1) is 20.2. The van der Waals surface area contributed by atoms with Crippen LogP contribution < -0.4 is 10.4 Å². The Labute approximate surface area is 175 Å². The lowest BCUT2D eigenvalue weighted by Gasteiger charge is -2.35. The van der Waals surface area contributed by atoms with E-state index >= 15 is 0 Å². The number of carbonyl (C=O) groups is 1. The highest BCUT2D eigenvalue weighted by molar-refractivity contribution is 5.97. The van der Waals surface area contributed by atoms with Gasteiger partial charge in [-0.15, -0.1) is 0 Å². The van der Waals surface area contributed by atoms with Crippen LogP contribution in [0.4, 0.5) is 0 Å². The molecule has 0 spiro atoms. The number of likely N-dealkylation sites (tertiary alicyclic amines) is 1. The van der Waals surface area contributed by atoms with Crippen LogP contribution in [0.1, 0.15) is 49.9 Å². The number of benzene rings is 1. The number of hydrogen-bond acceptors (Lipinski definition) is 5. The van der Waals surface area contributed by atoms with Gasteiger partial charge in [-0.3, -0.25) is 9.48 Å². The molecule has 0 aliphatic carbocycles. The smallest absolute Gasteiger partial charge is 0.349 e. The molecule has 1 aliphatic rings. The fraction of sp³-hybridized carbons (Fsp3) is 0.435. The Morgan fingerprint density at radius 2 is 2.17 bits per heavy atom. The van der Waals surface area contributed by atoms with Crippen molar-refractivity contribution in [3.05, 3.63) is 58.7 Å². The second-order valence-corrected chi connectivity index (χ2v) is 8.02. The number of rotatable bonds is 6. The number of piperidine rings is 1. The molecule has 1 unspecified atom stereocenters. The van der Waals surface area contributed by atoms with Crippen LogP contribution in [0.25, 0.3) is 11.0 Å². The predicted octanol–water partition coefficient (Wildman–Crippen LogP) is 3.86. The number of aromatic nitrogens is 2. The van der Waals surface area contributed by atoms with Crippen molar-refractivity contribution in [2.24, 2.45) is 0 Å². The fourth-order valence-electron chi connectivity index (χ4n) is 4.02. The van der Waals surface area contributed by atoms with E-state index < -0.39 is 5.63 Å². The van der Waals surface area contributed by atoms with E-state index in [1.807, 2.05) is 47.8 Å². The first-order valence-electron chi connectivity index (χ1n) is 10.5. The van der Waals surface area contributed by atoms with Crippen molar-refractivity contribution in [2.45, 2.75) is 58.2 Å². The minimum absolute atomic E-state index is 0.0211. The molecule has 0 radical (unpaired) electrons. The van der Waals surface area contributed by atoms with Crippen LogP contribution in [0.15, 0.2) is 51.9 Å². The average Bonchev–Trinajstić information content (AvgIpc) is 3.25. The number of fused-ring (bicyclic) bond motifs is 1. The van der Waals surface area contributed by atoms with Gasteiger partial charge < -0.3 is 14.1 Å². The van der Waals surface area contributed by atoms with E-state index in [0.29, 0.717) is 23.3 Å². The third kappa shape index (κ3) is 4.40. The Morgan fingerprint density at radius 1 is 1.30 bits per heavy atom. The molecule has 1 fully saturated rings. The number of nitrogens with zero attached hydrogens (tertiary/aromatic N) is 3. The van der Waals surface area contributed by atoms with Gasteiger partial charge in [-0.1, -0.05) is 0 Å². The second kappa shape index (κ2) is 8.73. The molecule has 7 nitrogen and oxygen atoms in total. The van der Waals surface area contributed by atoms with Gasteiger partial charge in [0.25, 0.3) is 5.91 Å². The largest absolute Gasteiger partial charge is 0.491 e. The number of amides is 1. The van der Waals surface area contributed by atoms with E-state index in [1.165, 1.54) is 0 Å². The van der Waals surface area contributed by atoms with Crippen molar-refractivity contribution >= 4 is 16.9 Å². The summed E-state index contributed by atoms with van der Waals surface area (Å²) in [6.07, 6.45) is 7.46. The summed E-state index contributed by atoms with van der Waals surface area (Å²) in [5.74, 6) is 0.382. The van der Waals surface area contributed by atoms with Crippen LogP contribution in [-0.4, -0.2) is 39.3 Å². The lowest BCUT2D eigenvalue weighted by Crippen LogP contribution is -2.45. The highest BCUT2D eigenvalue weighted by Crippen LogP contribution is 2.25. The Bertz CT molecular complexity index is 1070. The molecule has 1 saturated heterocycles. The van der Waals surface area contributed by atoms with E-state index in [0.717, 1.165) is 32.2 Å². The third-order valence-corrected chi connectivity index (χ3v) is 5.45. The standard InChI is InChI=1S/C23H27N3O4/c1-16(2)29-19-8-7-17-14-20(23(28)30-21(17)15-19)22(27)26-12-4-3-6-18(26)9-13-25-11-5-10-24-25/h5,7-8,10-11,14-16,18H,3-4,6,9,12-13H2,1-2H3. The zero-order valence-electron chi connectivity index (χ0n) is 17.4. The van der Waals surface area contributed by atoms with Crippen molar-refractivity contribution < 1.29 is 13.9 Å². The zero-order valence-corrected chi connectivity index (χ0v) is 17.4. The SMILES string of the molecule is CC(C)Oc1ccc2cc(C(=O)N3CCCCC3CCn3cccn3)c(=O)oc2c1. The minimum atomic E-state index is -0.606. The molecule has 0 bridgehead atoms. The number of ether oxygens (including phenoxy) is 1. The van der Waals surface area contributed by atoms with Gasteiger partial charge in [0.2, 0.25) is 0 Å². The molecular weight excluding hydrogens is 382 g/mol. The normalized spacial score (nSPS) is 16.9. The summed E-state index contributed by atoms with van der Waals surface area (Å²) < 4.78 is 13.0. The quantitative estimate of drug-likeness (QED) is 0.578. The van der Waals surface area contributed by atoms with Gasteiger partial charge >= 0.3 is 5.63 Å². The molecule has 1 aromatic carbocycles. The lowest BCUT2D eigenvalue weighted by molar-refractivity contribution is 0.0590. The van der Waals surface area contributed by atoms with Gasteiger partial charge in [0, 0.05) is 43.0 Å². The molecule has 7 heteroatoms. The molecule has 1 aliphatic heterocycles. The minimum Gasteiger partial charge on any atom is -0.491 e. The van der Waals surface area contributed by atoms with Gasteiger partial charge in [0.05, 0.1) is 6.10 Å². The van der Waals surface area contributed by atoms with Gasteiger partial charge in [0.1, 0.15) is 16.9 Å².